The fourth-order valence-corrected chi connectivity index (χ4v) is 4.01. The van der Waals surface area contributed by atoms with Crippen LogP contribution in [0.4, 0.5) is 5.69 Å². The molecule has 30 heavy (non-hydrogen) atoms. The molecule has 154 valence electrons. The Hall–Kier alpha value is -2.80. The largest absolute Gasteiger partial charge is 0.465 e. The van der Waals surface area contributed by atoms with E-state index in [9.17, 15) is 13.2 Å². The highest BCUT2D eigenvalue weighted by molar-refractivity contribution is 7.92. The molecule has 0 bridgehead atoms. The summed E-state index contributed by atoms with van der Waals surface area (Å²) in [5.74, 6) is -0.417. The van der Waals surface area contributed by atoms with Gasteiger partial charge in [-0.25, -0.2) is 13.2 Å². The van der Waals surface area contributed by atoms with Crippen LogP contribution in [0.1, 0.15) is 21.5 Å². The number of nitrogens with one attached hydrogen (secondary N) is 1. The molecule has 0 aliphatic heterocycles. The number of ether oxygens (including phenoxy) is 1. The highest BCUT2D eigenvalue weighted by atomic mass is 35.5. The molecule has 0 aliphatic carbocycles. The predicted molar refractivity (Wildman–Crippen MR) is 120 cm³/mol. The van der Waals surface area contributed by atoms with Gasteiger partial charge in [-0.1, -0.05) is 47.5 Å². The summed E-state index contributed by atoms with van der Waals surface area (Å²) in [7, 11) is -2.48. The standard InChI is InChI=1S/C22H17Cl2NO4S/c1-29-22(26)16-5-2-15(3-6-16)4-7-17-14-19(24)10-13-21(17)25-30(27,28)20-11-8-18(23)9-12-20/h2-14,25H,1H3. The summed E-state index contributed by atoms with van der Waals surface area (Å²) >= 11 is 11.9. The third-order valence-corrected chi connectivity index (χ3v) is 6.04. The molecular formula is C22H17Cl2NO4S. The summed E-state index contributed by atoms with van der Waals surface area (Å²) in [6.45, 7) is 0. The normalized spacial score (nSPS) is 11.4. The zero-order valence-corrected chi connectivity index (χ0v) is 18.1. The van der Waals surface area contributed by atoms with E-state index in [1.807, 2.05) is 0 Å². The van der Waals surface area contributed by atoms with E-state index in [2.05, 4.69) is 9.46 Å². The van der Waals surface area contributed by atoms with Gasteiger partial charge < -0.3 is 4.74 Å². The van der Waals surface area contributed by atoms with Gasteiger partial charge in [0.25, 0.3) is 10.0 Å². The Kier molecular flexibility index (Phi) is 6.82. The number of halogens is 2. The van der Waals surface area contributed by atoms with Crippen LogP contribution in [-0.4, -0.2) is 21.5 Å². The molecule has 0 aliphatic rings. The van der Waals surface area contributed by atoms with Crippen molar-refractivity contribution >= 4 is 57.0 Å². The summed E-state index contributed by atoms with van der Waals surface area (Å²) in [4.78, 5) is 11.6. The molecule has 0 saturated carbocycles. The molecule has 1 N–H and O–H groups in total. The van der Waals surface area contributed by atoms with Crippen LogP contribution < -0.4 is 4.72 Å². The fraction of sp³-hybridized carbons (Fsp3) is 0.0455. The van der Waals surface area contributed by atoms with Crippen molar-refractivity contribution in [3.63, 3.8) is 0 Å². The number of carbonyl (C=O) groups is 1. The molecule has 0 fully saturated rings. The quantitative estimate of drug-likeness (QED) is 0.374. The Morgan fingerprint density at radius 1 is 0.900 bits per heavy atom. The highest BCUT2D eigenvalue weighted by Gasteiger charge is 2.15. The Morgan fingerprint density at radius 2 is 1.53 bits per heavy atom. The summed E-state index contributed by atoms with van der Waals surface area (Å²) in [5.41, 5.74) is 2.21. The predicted octanol–water partition coefficient (Wildman–Crippen LogP) is 5.75. The van der Waals surface area contributed by atoms with Crippen LogP contribution in [0.25, 0.3) is 12.2 Å². The molecule has 3 rings (SSSR count). The summed E-state index contributed by atoms with van der Waals surface area (Å²) in [6.07, 6.45) is 3.52. The molecular weight excluding hydrogens is 445 g/mol. The number of hydrogen-bond acceptors (Lipinski definition) is 4. The molecule has 3 aromatic carbocycles. The lowest BCUT2D eigenvalue weighted by Gasteiger charge is -2.11. The molecule has 8 heteroatoms. The number of carbonyl (C=O) groups excluding carboxylic acids is 1. The van der Waals surface area contributed by atoms with Gasteiger partial charge in [0.05, 0.1) is 23.3 Å². The van der Waals surface area contributed by atoms with E-state index in [0.717, 1.165) is 5.56 Å². The monoisotopic (exact) mass is 461 g/mol. The van der Waals surface area contributed by atoms with E-state index in [1.165, 1.54) is 31.4 Å². The maximum atomic E-state index is 12.7. The number of sulfonamides is 1. The minimum Gasteiger partial charge on any atom is -0.465 e. The first kappa shape index (κ1) is 21.9. The Morgan fingerprint density at radius 3 is 2.17 bits per heavy atom. The molecule has 0 aromatic heterocycles. The molecule has 0 radical (unpaired) electrons. The molecule has 0 saturated heterocycles. The van der Waals surface area contributed by atoms with E-state index in [0.29, 0.717) is 26.9 Å². The maximum absolute atomic E-state index is 12.7. The molecule has 0 unspecified atom stereocenters. The zero-order valence-electron chi connectivity index (χ0n) is 15.8. The molecule has 0 heterocycles. The number of anilines is 1. The van der Waals surface area contributed by atoms with Crippen molar-refractivity contribution in [1.82, 2.24) is 0 Å². The molecule has 0 atom stereocenters. The van der Waals surface area contributed by atoms with E-state index in [4.69, 9.17) is 23.2 Å². The van der Waals surface area contributed by atoms with Gasteiger partial charge in [-0.3, -0.25) is 4.72 Å². The van der Waals surface area contributed by atoms with Gasteiger partial charge in [-0.15, -0.1) is 0 Å². The summed E-state index contributed by atoms with van der Waals surface area (Å²) in [6, 6.07) is 17.5. The average Bonchev–Trinajstić information content (AvgIpc) is 2.74. The Balaban J connectivity index is 1.87. The molecule has 0 spiro atoms. The third kappa shape index (κ3) is 5.42. The summed E-state index contributed by atoms with van der Waals surface area (Å²) < 4.78 is 32.7. The summed E-state index contributed by atoms with van der Waals surface area (Å²) in [5, 5.41) is 0.910. The molecule has 0 amide bonds. The lowest BCUT2D eigenvalue weighted by Crippen LogP contribution is -2.13. The van der Waals surface area contributed by atoms with Gasteiger partial charge in [-0.05, 0) is 60.2 Å². The number of methoxy groups -OCH3 is 1. The third-order valence-electron chi connectivity index (χ3n) is 4.17. The van der Waals surface area contributed by atoms with Gasteiger partial charge in [0.1, 0.15) is 0 Å². The topological polar surface area (TPSA) is 72.5 Å². The average molecular weight is 462 g/mol. The van der Waals surface area contributed by atoms with Crippen molar-refractivity contribution in [2.45, 2.75) is 4.90 Å². The lowest BCUT2D eigenvalue weighted by molar-refractivity contribution is 0.0600. The number of rotatable bonds is 6. The first-order valence-electron chi connectivity index (χ1n) is 8.73. The lowest BCUT2D eigenvalue weighted by atomic mass is 10.1. The molecule has 3 aromatic rings. The van der Waals surface area contributed by atoms with Crippen LogP contribution in [-0.2, 0) is 14.8 Å². The van der Waals surface area contributed by atoms with Gasteiger partial charge in [-0.2, -0.15) is 0 Å². The fourth-order valence-electron chi connectivity index (χ4n) is 2.62. The van der Waals surface area contributed by atoms with Gasteiger partial charge in [0.15, 0.2) is 0 Å². The molecule has 5 nitrogen and oxygen atoms in total. The van der Waals surface area contributed by atoms with E-state index >= 15 is 0 Å². The minimum absolute atomic E-state index is 0.0928. The van der Waals surface area contributed by atoms with Crippen LogP contribution in [0.5, 0.6) is 0 Å². The number of benzene rings is 3. The van der Waals surface area contributed by atoms with Crippen molar-refractivity contribution in [2.75, 3.05) is 11.8 Å². The van der Waals surface area contributed by atoms with Crippen LogP contribution in [0.15, 0.2) is 71.6 Å². The number of esters is 1. The second kappa shape index (κ2) is 9.34. The second-order valence-corrected chi connectivity index (χ2v) is 8.79. The van der Waals surface area contributed by atoms with Crippen molar-refractivity contribution in [2.24, 2.45) is 0 Å². The Labute approximate surface area is 185 Å². The zero-order chi connectivity index (χ0) is 21.7. The Bertz CT molecular complexity index is 1190. The van der Waals surface area contributed by atoms with Crippen LogP contribution in [0, 0.1) is 0 Å². The van der Waals surface area contributed by atoms with Gasteiger partial charge >= 0.3 is 5.97 Å². The van der Waals surface area contributed by atoms with E-state index in [-0.39, 0.29) is 4.90 Å². The van der Waals surface area contributed by atoms with Crippen molar-refractivity contribution in [1.29, 1.82) is 0 Å². The van der Waals surface area contributed by atoms with Crippen LogP contribution in [0.2, 0.25) is 10.0 Å². The van der Waals surface area contributed by atoms with Crippen molar-refractivity contribution in [3.05, 3.63) is 93.5 Å². The van der Waals surface area contributed by atoms with Crippen molar-refractivity contribution in [3.8, 4) is 0 Å². The van der Waals surface area contributed by atoms with Gasteiger partial charge in [0, 0.05) is 15.6 Å². The van der Waals surface area contributed by atoms with E-state index < -0.39 is 16.0 Å². The van der Waals surface area contributed by atoms with Crippen LogP contribution in [0.3, 0.4) is 0 Å². The second-order valence-electron chi connectivity index (χ2n) is 6.24. The number of hydrogen-bond donors (Lipinski definition) is 1. The highest BCUT2D eigenvalue weighted by Crippen LogP contribution is 2.26. The van der Waals surface area contributed by atoms with Crippen LogP contribution >= 0.6 is 23.2 Å². The van der Waals surface area contributed by atoms with E-state index in [1.54, 1.807) is 54.6 Å². The first-order valence-corrected chi connectivity index (χ1v) is 11.0. The minimum atomic E-state index is -3.80. The van der Waals surface area contributed by atoms with Crippen molar-refractivity contribution < 1.29 is 17.9 Å². The van der Waals surface area contributed by atoms with Gasteiger partial charge in [0.2, 0.25) is 0 Å². The smallest absolute Gasteiger partial charge is 0.337 e. The first-order chi connectivity index (χ1) is 14.3. The SMILES string of the molecule is COC(=O)c1ccc(C=Cc2cc(Cl)ccc2NS(=O)(=O)c2ccc(Cl)cc2)cc1. The maximum Gasteiger partial charge on any atom is 0.337 e.